The molecule has 138 valence electrons. The van der Waals surface area contributed by atoms with E-state index in [2.05, 4.69) is 10.2 Å². The fourth-order valence-electron chi connectivity index (χ4n) is 3.76. The van der Waals surface area contributed by atoms with E-state index in [9.17, 15) is 4.79 Å². The number of nitrogens with two attached hydrogens (primary N) is 1. The summed E-state index contributed by atoms with van der Waals surface area (Å²) >= 11 is 0. The zero-order chi connectivity index (χ0) is 14.9. The molecular weight excluding hydrogens is 333 g/mol. The standard InChI is InChI=1S/C17H33N3O.2ClH/c18-12-6-2-1-3-9-17(21)19-15-10-13-20(14-11-15)16-7-4-5-8-16;;/h15-16H,1-14,18H2,(H,19,21);2*1H. The second-order valence-electron chi connectivity index (χ2n) is 6.77. The van der Waals surface area contributed by atoms with Crippen LogP contribution in [0.5, 0.6) is 0 Å². The largest absolute Gasteiger partial charge is 0.353 e. The van der Waals surface area contributed by atoms with E-state index in [0.29, 0.717) is 12.5 Å². The number of nitrogens with one attached hydrogen (secondary N) is 1. The molecule has 0 aromatic carbocycles. The van der Waals surface area contributed by atoms with Crippen LogP contribution in [-0.2, 0) is 4.79 Å². The van der Waals surface area contributed by atoms with E-state index in [4.69, 9.17) is 5.73 Å². The smallest absolute Gasteiger partial charge is 0.220 e. The molecule has 2 fully saturated rings. The summed E-state index contributed by atoms with van der Waals surface area (Å²) < 4.78 is 0. The Bertz CT molecular complexity index is 304. The van der Waals surface area contributed by atoms with Crippen LogP contribution < -0.4 is 11.1 Å². The van der Waals surface area contributed by atoms with Crippen LogP contribution in [0.15, 0.2) is 0 Å². The number of carbonyl (C=O) groups excluding carboxylic acids is 1. The molecule has 0 atom stereocenters. The lowest BCUT2D eigenvalue weighted by Crippen LogP contribution is -2.47. The molecule has 0 aromatic heterocycles. The lowest BCUT2D eigenvalue weighted by molar-refractivity contribution is -0.122. The Morgan fingerprint density at radius 1 is 0.957 bits per heavy atom. The van der Waals surface area contributed by atoms with Crippen LogP contribution in [0.4, 0.5) is 0 Å². The van der Waals surface area contributed by atoms with Gasteiger partial charge in [-0.3, -0.25) is 4.79 Å². The number of carbonyl (C=O) groups is 1. The summed E-state index contributed by atoms with van der Waals surface area (Å²) in [6.07, 6.45) is 12.9. The summed E-state index contributed by atoms with van der Waals surface area (Å²) in [7, 11) is 0. The molecule has 2 aliphatic rings. The Morgan fingerprint density at radius 3 is 2.17 bits per heavy atom. The highest BCUT2D eigenvalue weighted by molar-refractivity contribution is 5.85. The Hall–Kier alpha value is -0.0300. The molecule has 4 nitrogen and oxygen atoms in total. The summed E-state index contributed by atoms with van der Waals surface area (Å²) in [4.78, 5) is 14.6. The summed E-state index contributed by atoms with van der Waals surface area (Å²) in [5.41, 5.74) is 5.47. The fourth-order valence-corrected chi connectivity index (χ4v) is 3.76. The maximum Gasteiger partial charge on any atom is 0.220 e. The molecule has 1 amide bonds. The van der Waals surface area contributed by atoms with Crippen LogP contribution in [0.3, 0.4) is 0 Å². The van der Waals surface area contributed by atoms with Gasteiger partial charge in [-0.05, 0) is 45.1 Å². The van der Waals surface area contributed by atoms with Crippen molar-refractivity contribution in [1.82, 2.24) is 10.2 Å². The minimum Gasteiger partial charge on any atom is -0.353 e. The summed E-state index contributed by atoms with van der Waals surface area (Å²) in [6, 6.07) is 1.25. The molecule has 23 heavy (non-hydrogen) atoms. The molecule has 1 heterocycles. The molecule has 0 unspecified atom stereocenters. The number of likely N-dealkylation sites (tertiary alicyclic amines) is 1. The molecule has 1 aliphatic heterocycles. The van der Waals surface area contributed by atoms with Crippen LogP contribution in [0.1, 0.15) is 70.6 Å². The van der Waals surface area contributed by atoms with Crippen LogP contribution in [0.2, 0.25) is 0 Å². The number of nitrogens with zero attached hydrogens (tertiary/aromatic N) is 1. The van der Waals surface area contributed by atoms with Gasteiger partial charge >= 0.3 is 0 Å². The zero-order valence-electron chi connectivity index (χ0n) is 14.3. The predicted octanol–water partition coefficient (Wildman–Crippen LogP) is 3.26. The number of piperidine rings is 1. The second-order valence-corrected chi connectivity index (χ2v) is 6.77. The average Bonchev–Trinajstić information content (AvgIpc) is 3.02. The lowest BCUT2D eigenvalue weighted by atomic mass is 10.0. The van der Waals surface area contributed by atoms with Crippen LogP contribution in [0.25, 0.3) is 0 Å². The SMILES string of the molecule is Cl.Cl.NCCCCCCC(=O)NC1CCN(C2CCCC2)CC1. The summed E-state index contributed by atoms with van der Waals surface area (Å²) in [5, 5.41) is 3.23. The van der Waals surface area contributed by atoms with Crippen LogP contribution in [-0.4, -0.2) is 42.5 Å². The molecule has 3 N–H and O–H groups in total. The Kier molecular flexibility index (Phi) is 13.3. The Labute approximate surface area is 154 Å². The van der Waals surface area contributed by atoms with Gasteiger partial charge in [0.25, 0.3) is 0 Å². The number of halogens is 2. The third-order valence-corrected chi connectivity index (χ3v) is 5.09. The minimum absolute atomic E-state index is 0. The summed E-state index contributed by atoms with van der Waals surface area (Å²) in [5.74, 6) is 0.252. The van der Waals surface area contributed by atoms with Crippen molar-refractivity contribution in [2.45, 2.75) is 82.7 Å². The van der Waals surface area contributed by atoms with Gasteiger partial charge in [-0.25, -0.2) is 0 Å². The van der Waals surface area contributed by atoms with Crippen molar-refractivity contribution in [3.05, 3.63) is 0 Å². The number of hydrogen-bond donors (Lipinski definition) is 2. The number of amides is 1. The van der Waals surface area contributed by atoms with E-state index in [0.717, 1.165) is 51.1 Å². The molecule has 6 heteroatoms. The van der Waals surface area contributed by atoms with E-state index >= 15 is 0 Å². The fraction of sp³-hybridized carbons (Fsp3) is 0.941. The first kappa shape index (κ1) is 23.0. The van der Waals surface area contributed by atoms with Crippen molar-refractivity contribution in [1.29, 1.82) is 0 Å². The Balaban J connectivity index is 0.00000242. The molecule has 0 bridgehead atoms. The highest BCUT2D eigenvalue weighted by atomic mass is 35.5. The first-order valence-corrected chi connectivity index (χ1v) is 9.03. The van der Waals surface area contributed by atoms with E-state index in [-0.39, 0.29) is 30.7 Å². The third-order valence-electron chi connectivity index (χ3n) is 5.09. The van der Waals surface area contributed by atoms with Gasteiger partial charge < -0.3 is 16.0 Å². The molecule has 0 aromatic rings. The van der Waals surface area contributed by atoms with Gasteiger partial charge in [0, 0.05) is 31.6 Å². The molecule has 1 aliphatic carbocycles. The topological polar surface area (TPSA) is 58.4 Å². The van der Waals surface area contributed by atoms with E-state index in [1.807, 2.05) is 0 Å². The quantitative estimate of drug-likeness (QED) is 0.647. The molecule has 0 radical (unpaired) electrons. The van der Waals surface area contributed by atoms with E-state index < -0.39 is 0 Å². The van der Waals surface area contributed by atoms with Gasteiger partial charge in [-0.2, -0.15) is 0 Å². The third kappa shape index (κ3) is 8.57. The van der Waals surface area contributed by atoms with E-state index in [1.165, 1.54) is 38.8 Å². The maximum absolute atomic E-state index is 11.9. The first-order chi connectivity index (χ1) is 10.3. The number of hydrogen-bond acceptors (Lipinski definition) is 3. The molecule has 2 rings (SSSR count). The van der Waals surface area contributed by atoms with Gasteiger partial charge in [0.05, 0.1) is 0 Å². The number of unbranched alkanes of at least 4 members (excludes halogenated alkanes) is 3. The Morgan fingerprint density at radius 2 is 1.57 bits per heavy atom. The van der Waals surface area contributed by atoms with Gasteiger partial charge in [-0.1, -0.05) is 25.7 Å². The molecule has 1 saturated carbocycles. The van der Waals surface area contributed by atoms with Crippen molar-refractivity contribution in [2.75, 3.05) is 19.6 Å². The van der Waals surface area contributed by atoms with Crippen molar-refractivity contribution < 1.29 is 4.79 Å². The van der Waals surface area contributed by atoms with Crippen molar-refractivity contribution in [3.63, 3.8) is 0 Å². The van der Waals surface area contributed by atoms with Gasteiger partial charge in [0.2, 0.25) is 5.91 Å². The average molecular weight is 368 g/mol. The van der Waals surface area contributed by atoms with Crippen LogP contribution in [0, 0.1) is 0 Å². The zero-order valence-corrected chi connectivity index (χ0v) is 15.9. The van der Waals surface area contributed by atoms with Crippen molar-refractivity contribution >= 4 is 30.7 Å². The van der Waals surface area contributed by atoms with Gasteiger partial charge in [0.15, 0.2) is 0 Å². The lowest BCUT2D eigenvalue weighted by Gasteiger charge is -2.36. The molecule has 0 spiro atoms. The second kappa shape index (κ2) is 13.3. The summed E-state index contributed by atoms with van der Waals surface area (Å²) in [6.45, 7) is 3.12. The van der Waals surface area contributed by atoms with Crippen molar-refractivity contribution in [3.8, 4) is 0 Å². The van der Waals surface area contributed by atoms with Gasteiger partial charge in [-0.15, -0.1) is 24.8 Å². The molecular formula is C17H35Cl2N3O. The van der Waals surface area contributed by atoms with E-state index in [1.54, 1.807) is 0 Å². The van der Waals surface area contributed by atoms with Gasteiger partial charge in [0.1, 0.15) is 0 Å². The predicted molar refractivity (Wildman–Crippen MR) is 102 cm³/mol. The highest BCUT2D eigenvalue weighted by Crippen LogP contribution is 2.26. The maximum atomic E-state index is 11.9. The molecule has 1 saturated heterocycles. The normalized spacial score (nSPS) is 19.9. The minimum atomic E-state index is 0. The van der Waals surface area contributed by atoms with Crippen molar-refractivity contribution in [2.24, 2.45) is 5.73 Å². The van der Waals surface area contributed by atoms with Crippen LogP contribution >= 0.6 is 24.8 Å². The monoisotopic (exact) mass is 367 g/mol. The first-order valence-electron chi connectivity index (χ1n) is 9.03. The number of rotatable bonds is 8. The highest BCUT2D eigenvalue weighted by Gasteiger charge is 2.27.